The second-order valence-corrected chi connectivity index (χ2v) is 12.2. The summed E-state index contributed by atoms with van der Waals surface area (Å²) in [6, 6.07) is 15.5. The van der Waals surface area contributed by atoms with E-state index in [9.17, 15) is 39.3 Å². The van der Waals surface area contributed by atoms with Crippen molar-refractivity contribution in [3.05, 3.63) is 95.6 Å². The summed E-state index contributed by atoms with van der Waals surface area (Å²) in [5.41, 5.74) is 13.7. The minimum Gasteiger partial charge on any atom is -0.508 e. The molecule has 1 heterocycles. The van der Waals surface area contributed by atoms with Gasteiger partial charge in [-0.2, -0.15) is 0 Å². The molecule has 0 aromatic heterocycles. The van der Waals surface area contributed by atoms with Gasteiger partial charge in [-0.05, 0) is 54.3 Å². The van der Waals surface area contributed by atoms with Gasteiger partial charge in [-0.25, -0.2) is 0 Å². The molecule has 5 amide bonds. The predicted molar refractivity (Wildman–Crippen MR) is 179 cm³/mol. The molecule has 0 saturated carbocycles. The van der Waals surface area contributed by atoms with Crippen LogP contribution in [0, 0.1) is 0 Å². The van der Waals surface area contributed by atoms with Crippen molar-refractivity contribution in [2.45, 2.75) is 68.9 Å². The highest BCUT2D eigenvalue weighted by Gasteiger charge is 2.42. The maximum absolute atomic E-state index is 14.0. The van der Waals surface area contributed by atoms with E-state index in [1.54, 1.807) is 54.6 Å². The van der Waals surface area contributed by atoms with Gasteiger partial charge >= 0.3 is 0 Å². The minimum absolute atomic E-state index is 0.0273. The van der Waals surface area contributed by atoms with Crippen LogP contribution in [0.1, 0.15) is 30.0 Å². The molecule has 1 saturated heterocycles. The lowest BCUT2D eigenvalue weighted by molar-refractivity contribution is -0.142. The van der Waals surface area contributed by atoms with Crippen LogP contribution in [0.2, 0.25) is 0 Å². The third-order valence-electron chi connectivity index (χ3n) is 8.28. The Hall–Kier alpha value is -5.47. The van der Waals surface area contributed by atoms with E-state index in [1.165, 1.54) is 36.1 Å². The number of aliphatic hydroxyl groups excluding tert-OH is 1. The molecule has 3 aromatic carbocycles. The lowest BCUT2D eigenvalue weighted by Gasteiger charge is -2.30. The van der Waals surface area contributed by atoms with Gasteiger partial charge in [0.1, 0.15) is 35.7 Å². The van der Waals surface area contributed by atoms with Gasteiger partial charge in [0.2, 0.25) is 29.5 Å². The van der Waals surface area contributed by atoms with Crippen molar-refractivity contribution in [2.75, 3.05) is 6.54 Å². The van der Waals surface area contributed by atoms with Crippen molar-refractivity contribution >= 4 is 29.5 Å². The predicted octanol–water partition coefficient (Wildman–Crippen LogP) is -0.626. The number of likely N-dealkylation sites (tertiary alicyclic amines) is 1. The molecule has 0 bridgehead atoms. The molecule has 0 radical (unpaired) electrons. The zero-order valence-corrected chi connectivity index (χ0v) is 27.0. The SMILES string of the molecule is C[C@H](NC(=O)[C@H](N)Cc1ccc(O)cc1)C(=O)N[C@H](Cc1ccccc1)C(=O)N1C[C@H](O)C[C@@H]1C(=O)N[C@H](Cc1ccc(O)cc1)C(N)=O. The molecule has 14 heteroatoms. The summed E-state index contributed by atoms with van der Waals surface area (Å²) in [6.45, 7) is 1.24. The van der Waals surface area contributed by atoms with Crippen LogP contribution < -0.4 is 27.4 Å². The lowest BCUT2D eigenvalue weighted by Crippen LogP contribution is -2.58. The van der Waals surface area contributed by atoms with E-state index in [0.29, 0.717) is 16.7 Å². The molecule has 49 heavy (non-hydrogen) atoms. The Kier molecular flexibility index (Phi) is 12.3. The Morgan fingerprint density at radius 1 is 0.755 bits per heavy atom. The van der Waals surface area contributed by atoms with Gasteiger partial charge in [-0.3, -0.25) is 24.0 Å². The molecule has 0 aliphatic carbocycles. The van der Waals surface area contributed by atoms with E-state index >= 15 is 0 Å². The average molecular weight is 675 g/mol. The minimum atomic E-state index is -1.19. The first-order chi connectivity index (χ1) is 23.3. The Bertz CT molecular complexity index is 1620. The number of aliphatic hydroxyl groups is 1. The summed E-state index contributed by atoms with van der Waals surface area (Å²) < 4.78 is 0. The molecule has 3 aromatic rings. The van der Waals surface area contributed by atoms with Crippen LogP contribution in [0.25, 0.3) is 0 Å². The number of nitrogens with two attached hydrogens (primary N) is 2. The van der Waals surface area contributed by atoms with Gasteiger partial charge in [0.15, 0.2) is 0 Å². The number of nitrogens with zero attached hydrogens (tertiary/aromatic N) is 1. The van der Waals surface area contributed by atoms with Gasteiger partial charge in [-0.15, -0.1) is 0 Å². The van der Waals surface area contributed by atoms with Crippen LogP contribution >= 0.6 is 0 Å². The summed E-state index contributed by atoms with van der Waals surface area (Å²) in [5.74, 6) is -3.35. The molecular formula is C35H42N6O8. The van der Waals surface area contributed by atoms with Crippen LogP contribution in [-0.4, -0.2) is 92.6 Å². The monoisotopic (exact) mass is 674 g/mol. The molecule has 1 fully saturated rings. The highest BCUT2D eigenvalue weighted by Crippen LogP contribution is 2.21. The molecule has 0 unspecified atom stereocenters. The molecular weight excluding hydrogens is 632 g/mol. The van der Waals surface area contributed by atoms with E-state index in [1.807, 2.05) is 0 Å². The average Bonchev–Trinajstić information content (AvgIpc) is 3.47. The van der Waals surface area contributed by atoms with Crippen molar-refractivity contribution in [2.24, 2.45) is 11.5 Å². The fourth-order valence-corrected chi connectivity index (χ4v) is 5.58. The summed E-state index contributed by atoms with van der Waals surface area (Å²) in [4.78, 5) is 67.1. The summed E-state index contributed by atoms with van der Waals surface area (Å²) >= 11 is 0. The lowest BCUT2D eigenvalue weighted by atomic mass is 10.0. The number of primary amides is 1. The molecule has 1 aliphatic rings. The summed E-state index contributed by atoms with van der Waals surface area (Å²) in [6.07, 6.45) is -0.941. The van der Waals surface area contributed by atoms with Crippen LogP contribution in [0.5, 0.6) is 11.5 Å². The van der Waals surface area contributed by atoms with Gasteiger partial charge in [0.05, 0.1) is 12.1 Å². The molecule has 260 valence electrons. The molecule has 4 rings (SSSR count). The number of phenols is 2. The van der Waals surface area contributed by atoms with Crippen molar-refractivity contribution in [3.63, 3.8) is 0 Å². The smallest absolute Gasteiger partial charge is 0.246 e. The number of benzene rings is 3. The van der Waals surface area contributed by atoms with Gasteiger partial charge in [0.25, 0.3) is 0 Å². The highest BCUT2D eigenvalue weighted by atomic mass is 16.3. The van der Waals surface area contributed by atoms with Crippen molar-refractivity contribution < 1.29 is 39.3 Å². The maximum atomic E-state index is 14.0. The van der Waals surface area contributed by atoms with E-state index in [2.05, 4.69) is 16.0 Å². The van der Waals surface area contributed by atoms with Crippen LogP contribution in [0.15, 0.2) is 78.9 Å². The first-order valence-corrected chi connectivity index (χ1v) is 15.8. The number of hydrogen-bond acceptors (Lipinski definition) is 9. The second-order valence-electron chi connectivity index (χ2n) is 12.2. The Labute approximate surface area is 283 Å². The number of hydrogen-bond donors (Lipinski definition) is 8. The first kappa shape index (κ1) is 36.4. The summed E-state index contributed by atoms with van der Waals surface area (Å²) in [5, 5.41) is 37.4. The van der Waals surface area contributed by atoms with E-state index in [0.717, 1.165) is 0 Å². The number of amides is 5. The van der Waals surface area contributed by atoms with Crippen molar-refractivity contribution in [3.8, 4) is 11.5 Å². The number of rotatable bonds is 14. The number of carbonyl (C=O) groups excluding carboxylic acids is 5. The van der Waals surface area contributed by atoms with Crippen LogP contribution in [-0.2, 0) is 43.2 Å². The third kappa shape index (κ3) is 10.3. The standard InChI is InChI=1S/C35H42N6O8/c1-20(38-33(47)27(36)15-22-7-11-24(42)12-8-22)32(46)40-29(17-21-5-3-2-4-6-21)35(49)41-19-26(44)18-30(41)34(48)39-28(31(37)45)16-23-9-13-25(43)14-10-23/h2-14,20,26-30,42-44H,15-19,36H2,1H3,(H2,37,45)(H,38,47)(H,39,48)(H,40,46)/t20-,26+,27+,28+,29+,30+/m0/s1. The quantitative estimate of drug-likeness (QED) is 0.109. The number of phenolic OH excluding ortho intramolecular Hbond substituents is 2. The summed E-state index contributed by atoms with van der Waals surface area (Å²) in [7, 11) is 0. The van der Waals surface area contributed by atoms with Crippen LogP contribution in [0.3, 0.4) is 0 Å². The van der Waals surface area contributed by atoms with Crippen molar-refractivity contribution in [1.82, 2.24) is 20.9 Å². The first-order valence-electron chi connectivity index (χ1n) is 15.8. The van der Waals surface area contributed by atoms with E-state index < -0.39 is 65.8 Å². The third-order valence-corrected chi connectivity index (χ3v) is 8.28. The molecule has 10 N–H and O–H groups in total. The Morgan fingerprint density at radius 2 is 1.29 bits per heavy atom. The fourth-order valence-electron chi connectivity index (χ4n) is 5.58. The topological polar surface area (TPSA) is 237 Å². The van der Waals surface area contributed by atoms with Crippen LogP contribution in [0.4, 0.5) is 0 Å². The molecule has 1 aliphatic heterocycles. The zero-order chi connectivity index (χ0) is 35.7. The second kappa shape index (κ2) is 16.6. The van der Waals surface area contributed by atoms with E-state index in [4.69, 9.17) is 11.5 Å². The van der Waals surface area contributed by atoms with Crippen molar-refractivity contribution in [1.29, 1.82) is 0 Å². The molecule has 14 nitrogen and oxygen atoms in total. The number of nitrogens with one attached hydrogen (secondary N) is 3. The van der Waals surface area contributed by atoms with Gasteiger partial charge < -0.3 is 47.6 Å². The number of aromatic hydroxyl groups is 2. The molecule has 6 atom stereocenters. The maximum Gasteiger partial charge on any atom is 0.246 e. The van der Waals surface area contributed by atoms with E-state index in [-0.39, 0.29) is 43.7 Å². The van der Waals surface area contributed by atoms with Gasteiger partial charge in [-0.1, -0.05) is 54.6 Å². The highest BCUT2D eigenvalue weighted by molar-refractivity contribution is 5.96. The molecule has 0 spiro atoms. The fraction of sp³-hybridized carbons (Fsp3) is 0.343. The largest absolute Gasteiger partial charge is 0.508 e. The zero-order valence-electron chi connectivity index (χ0n) is 27.0. The number of β-amino-alcohol motifs (C(OH)–C–C–N with tert-alkyl or cyclic N) is 1. The number of carbonyl (C=O) groups is 5. The Morgan fingerprint density at radius 3 is 1.86 bits per heavy atom. The van der Waals surface area contributed by atoms with Gasteiger partial charge in [0, 0.05) is 25.8 Å². The normalized spacial score (nSPS) is 18.1. The Balaban J connectivity index is 1.46.